The molecule has 0 spiro atoms. The molecule has 1 heterocycles. The van der Waals surface area contributed by atoms with E-state index in [1.807, 2.05) is 30.3 Å². The molecule has 8 nitrogen and oxygen atoms in total. The number of nitrogens with one attached hydrogen (secondary N) is 2. The second kappa shape index (κ2) is 8.36. The zero-order valence-electron chi connectivity index (χ0n) is 14.4. The number of urea groups is 2. The number of carboxylic acids is 1. The van der Waals surface area contributed by atoms with Crippen LogP contribution in [0.5, 0.6) is 0 Å². The lowest BCUT2D eigenvalue weighted by atomic mass is 10.2. The normalized spacial score (nSPS) is 17.7. The quantitative estimate of drug-likeness (QED) is 0.753. The molecule has 1 aromatic rings. The minimum atomic E-state index is -0.940. The fourth-order valence-electron chi connectivity index (χ4n) is 2.64. The maximum Gasteiger partial charge on any atom is 0.321 e. The van der Waals surface area contributed by atoms with Gasteiger partial charge in [-0.1, -0.05) is 25.1 Å². The summed E-state index contributed by atoms with van der Waals surface area (Å²) in [5.74, 6) is -1.57. The van der Waals surface area contributed by atoms with Crippen molar-refractivity contribution < 1.29 is 19.5 Å². The summed E-state index contributed by atoms with van der Waals surface area (Å²) in [6.45, 7) is 2.66. The van der Waals surface area contributed by atoms with Gasteiger partial charge < -0.3 is 25.5 Å². The Kier molecular flexibility index (Phi) is 6.21. The zero-order chi connectivity index (χ0) is 18.4. The summed E-state index contributed by atoms with van der Waals surface area (Å²) in [6.07, 6.45) is 0.663. The first-order chi connectivity index (χ1) is 11.9. The predicted molar refractivity (Wildman–Crippen MR) is 93.4 cm³/mol. The van der Waals surface area contributed by atoms with Crippen LogP contribution in [0.2, 0.25) is 0 Å². The van der Waals surface area contributed by atoms with Crippen molar-refractivity contribution in [2.24, 2.45) is 5.92 Å². The summed E-state index contributed by atoms with van der Waals surface area (Å²) >= 11 is 0. The molecule has 0 aliphatic carbocycles. The number of anilines is 1. The van der Waals surface area contributed by atoms with Crippen LogP contribution in [0.25, 0.3) is 0 Å². The number of para-hydroxylation sites is 1. The first kappa shape index (κ1) is 18.6. The van der Waals surface area contributed by atoms with Gasteiger partial charge in [-0.25, -0.2) is 9.59 Å². The van der Waals surface area contributed by atoms with Crippen LogP contribution in [0, 0.1) is 5.92 Å². The Balaban J connectivity index is 1.79. The van der Waals surface area contributed by atoms with Crippen molar-refractivity contribution in [1.29, 1.82) is 0 Å². The summed E-state index contributed by atoms with van der Waals surface area (Å²) in [4.78, 5) is 38.2. The summed E-state index contributed by atoms with van der Waals surface area (Å²) in [5.41, 5.74) is 0.724. The number of hydrogen-bond donors (Lipinski definition) is 3. The van der Waals surface area contributed by atoms with Gasteiger partial charge in [0.05, 0.1) is 5.92 Å². The maximum atomic E-state index is 12.2. The Morgan fingerprint density at radius 1 is 1.32 bits per heavy atom. The van der Waals surface area contributed by atoms with E-state index in [0.29, 0.717) is 19.5 Å². The van der Waals surface area contributed by atoms with Crippen molar-refractivity contribution in [3.63, 3.8) is 0 Å². The van der Waals surface area contributed by atoms with Gasteiger partial charge in [-0.15, -0.1) is 0 Å². The molecule has 2 rings (SSSR count). The van der Waals surface area contributed by atoms with E-state index in [0.717, 1.165) is 5.69 Å². The van der Waals surface area contributed by atoms with Crippen molar-refractivity contribution in [2.75, 3.05) is 32.0 Å². The maximum absolute atomic E-state index is 12.2. The van der Waals surface area contributed by atoms with Gasteiger partial charge in [0.15, 0.2) is 0 Å². The average Bonchev–Trinajstić information content (AvgIpc) is 3.04. The van der Waals surface area contributed by atoms with Crippen LogP contribution in [-0.4, -0.2) is 65.7 Å². The Hall–Kier alpha value is -2.77. The largest absolute Gasteiger partial charge is 0.481 e. The summed E-state index contributed by atoms with van der Waals surface area (Å²) in [6, 6.07) is 8.51. The second-order valence-corrected chi connectivity index (χ2v) is 6.30. The number of carboxylic acid groups (broad SMARTS) is 1. The Bertz CT molecular complexity index is 622. The number of nitrogens with zero attached hydrogens (tertiary/aromatic N) is 2. The molecule has 2 atom stereocenters. The first-order valence-corrected chi connectivity index (χ1v) is 8.22. The number of carbonyl (C=O) groups is 3. The van der Waals surface area contributed by atoms with Crippen molar-refractivity contribution in [1.82, 2.24) is 15.1 Å². The van der Waals surface area contributed by atoms with E-state index < -0.39 is 11.9 Å². The van der Waals surface area contributed by atoms with Crippen LogP contribution in [0.4, 0.5) is 15.3 Å². The first-order valence-electron chi connectivity index (χ1n) is 8.22. The number of benzene rings is 1. The molecule has 8 heteroatoms. The van der Waals surface area contributed by atoms with E-state index >= 15 is 0 Å². The van der Waals surface area contributed by atoms with E-state index in [4.69, 9.17) is 5.11 Å². The molecular weight excluding hydrogens is 324 g/mol. The van der Waals surface area contributed by atoms with Crippen LogP contribution in [-0.2, 0) is 4.79 Å². The van der Waals surface area contributed by atoms with Crippen LogP contribution < -0.4 is 10.6 Å². The molecule has 1 saturated heterocycles. The highest BCUT2D eigenvalue weighted by atomic mass is 16.4. The molecule has 1 aliphatic rings. The Morgan fingerprint density at radius 3 is 2.64 bits per heavy atom. The molecule has 1 fully saturated rings. The number of hydrogen-bond acceptors (Lipinski definition) is 3. The van der Waals surface area contributed by atoms with Gasteiger partial charge in [-0.2, -0.15) is 0 Å². The minimum absolute atomic E-state index is 0.131. The van der Waals surface area contributed by atoms with Crippen molar-refractivity contribution in [2.45, 2.75) is 19.4 Å². The zero-order valence-corrected chi connectivity index (χ0v) is 14.4. The molecule has 0 aromatic heterocycles. The lowest BCUT2D eigenvalue weighted by Gasteiger charge is -2.23. The second-order valence-electron chi connectivity index (χ2n) is 6.30. The number of amides is 4. The van der Waals surface area contributed by atoms with Crippen LogP contribution >= 0.6 is 0 Å². The third kappa shape index (κ3) is 5.37. The molecule has 3 N–H and O–H groups in total. The molecule has 0 saturated carbocycles. The van der Waals surface area contributed by atoms with E-state index in [9.17, 15) is 14.4 Å². The van der Waals surface area contributed by atoms with Gasteiger partial charge in [-0.05, 0) is 18.6 Å². The highest BCUT2D eigenvalue weighted by molar-refractivity contribution is 5.89. The smallest absolute Gasteiger partial charge is 0.321 e. The van der Waals surface area contributed by atoms with E-state index in [2.05, 4.69) is 10.6 Å². The average molecular weight is 348 g/mol. The van der Waals surface area contributed by atoms with Crippen LogP contribution in [0.15, 0.2) is 30.3 Å². The molecule has 4 amide bonds. The lowest BCUT2D eigenvalue weighted by Crippen LogP contribution is -2.46. The van der Waals surface area contributed by atoms with Crippen LogP contribution in [0.1, 0.15) is 13.3 Å². The number of rotatable bonds is 5. The van der Waals surface area contributed by atoms with Gasteiger partial charge in [0, 0.05) is 38.4 Å². The number of carbonyl (C=O) groups excluding carboxylic acids is 2. The molecule has 1 aliphatic heterocycles. The summed E-state index contributed by atoms with van der Waals surface area (Å²) in [7, 11) is 1.56. The number of aliphatic carboxylic acids is 1. The third-order valence-corrected chi connectivity index (χ3v) is 4.14. The Labute approximate surface area is 146 Å². The molecule has 1 aromatic carbocycles. The van der Waals surface area contributed by atoms with Crippen molar-refractivity contribution >= 4 is 23.7 Å². The van der Waals surface area contributed by atoms with Gasteiger partial charge in [0.2, 0.25) is 0 Å². The SMILES string of the molecule is CC(CN(C)C(=O)NC1CCN(C(=O)Nc2ccccc2)C1)C(=O)O. The van der Waals surface area contributed by atoms with Gasteiger partial charge >= 0.3 is 18.0 Å². The number of likely N-dealkylation sites (tertiary alicyclic amines) is 1. The van der Waals surface area contributed by atoms with E-state index in [1.165, 1.54) is 4.90 Å². The summed E-state index contributed by atoms with van der Waals surface area (Å²) in [5, 5.41) is 14.6. The monoisotopic (exact) mass is 348 g/mol. The highest BCUT2D eigenvalue weighted by Crippen LogP contribution is 2.13. The van der Waals surface area contributed by atoms with Gasteiger partial charge in [0.25, 0.3) is 0 Å². The van der Waals surface area contributed by atoms with Gasteiger partial charge in [-0.3, -0.25) is 4.79 Å². The molecule has 25 heavy (non-hydrogen) atoms. The molecule has 136 valence electrons. The highest BCUT2D eigenvalue weighted by Gasteiger charge is 2.28. The topological polar surface area (TPSA) is 102 Å². The lowest BCUT2D eigenvalue weighted by molar-refractivity contribution is -0.141. The van der Waals surface area contributed by atoms with Gasteiger partial charge in [0.1, 0.15) is 0 Å². The predicted octanol–water partition coefficient (Wildman–Crippen LogP) is 1.65. The summed E-state index contributed by atoms with van der Waals surface area (Å²) < 4.78 is 0. The molecular formula is C17H24N4O4. The minimum Gasteiger partial charge on any atom is -0.481 e. The van der Waals surface area contributed by atoms with Crippen molar-refractivity contribution in [3.05, 3.63) is 30.3 Å². The third-order valence-electron chi connectivity index (χ3n) is 4.14. The molecule has 0 bridgehead atoms. The van der Waals surface area contributed by atoms with Crippen molar-refractivity contribution in [3.8, 4) is 0 Å². The van der Waals surface area contributed by atoms with Crippen LogP contribution in [0.3, 0.4) is 0 Å². The Morgan fingerprint density at radius 2 is 2.00 bits per heavy atom. The fourth-order valence-corrected chi connectivity index (χ4v) is 2.64. The van der Waals surface area contributed by atoms with E-state index in [1.54, 1.807) is 18.9 Å². The molecule has 2 unspecified atom stereocenters. The fraction of sp³-hybridized carbons (Fsp3) is 0.471. The molecule has 0 radical (unpaired) electrons. The standard InChI is InChI=1S/C17H24N4O4/c1-12(15(22)23)10-20(2)16(24)19-14-8-9-21(11-14)17(25)18-13-6-4-3-5-7-13/h3-7,12,14H,8-11H2,1-2H3,(H,18,25)(H,19,24)(H,22,23). The van der Waals surface area contributed by atoms with E-state index in [-0.39, 0.29) is 24.6 Å².